The number of fused-ring (bicyclic) bond motifs is 1. The zero-order valence-electron chi connectivity index (χ0n) is 11.2. The number of rotatable bonds is 3. The number of benzene rings is 1. The topological polar surface area (TPSA) is 50.9 Å². The lowest BCUT2D eigenvalue weighted by Gasteiger charge is -2.24. The number of aromatic nitrogens is 1. The van der Waals surface area contributed by atoms with Gasteiger partial charge < -0.3 is 11.1 Å². The molecule has 3 nitrogen and oxygen atoms in total. The first kappa shape index (κ1) is 12.4. The summed E-state index contributed by atoms with van der Waals surface area (Å²) in [5.74, 6) is 0.980. The summed E-state index contributed by atoms with van der Waals surface area (Å²) >= 11 is 0. The molecule has 100 valence electrons. The largest absolute Gasteiger partial charge is 0.367 e. The van der Waals surface area contributed by atoms with E-state index < -0.39 is 0 Å². The Hall–Kier alpha value is -1.61. The molecule has 1 fully saturated rings. The Morgan fingerprint density at radius 3 is 2.74 bits per heavy atom. The van der Waals surface area contributed by atoms with Crippen LogP contribution in [0.25, 0.3) is 10.9 Å². The minimum Gasteiger partial charge on any atom is -0.367 e. The number of pyridine rings is 1. The quantitative estimate of drug-likeness (QED) is 0.883. The van der Waals surface area contributed by atoms with Gasteiger partial charge in [0, 0.05) is 23.5 Å². The van der Waals surface area contributed by atoms with E-state index in [0.29, 0.717) is 12.6 Å². The van der Waals surface area contributed by atoms with Gasteiger partial charge in [-0.15, -0.1) is 0 Å². The summed E-state index contributed by atoms with van der Waals surface area (Å²) in [7, 11) is 0. The van der Waals surface area contributed by atoms with Crippen LogP contribution in [0.2, 0.25) is 0 Å². The van der Waals surface area contributed by atoms with Crippen molar-refractivity contribution in [3.63, 3.8) is 0 Å². The molecule has 3 N–H and O–H groups in total. The molecule has 1 aromatic heterocycles. The van der Waals surface area contributed by atoms with Gasteiger partial charge in [-0.1, -0.05) is 37.5 Å². The van der Waals surface area contributed by atoms with E-state index in [1.54, 1.807) is 0 Å². The van der Waals surface area contributed by atoms with Crippen LogP contribution in [0.1, 0.15) is 37.7 Å². The molecule has 3 rings (SSSR count). The smallest absolute Gasteiger partial charge is 0.131 e. The average Bonchev–Trinajstić information content (AvgIpc) is 2.47. The Kier molecular flexibility index (Phi) is 3.65. The summed E-state index contributed by atoms with van der Waals surface area (Å²) in [5.41, 5.74) is 8.02. The maximum absolute atomic E-state index is 5.87. The highest BCUT2D eigenvalue weighted by molar-refractivity contribution is 5.81. The Labute approximate surface area is 114 Å². The summed E-state index contributed by atoms with van der Waals surface area (Å²) in [6, 6.07) is 10.9. The Morgan fingerprint density at radius 2 is 1.95 bits per heavy atom. The number of anilines is 1. The zero-order valence-corrected chi connectivity index (χ0v) is 11.2. The van der Waals surface area contributed by atoms with Crippen molar-refractivity contribution in [2.45, 2.75) is 44.7 Å². The molecule has 1 saturated carbocycles. The van der Waals surface area contributed by atoms with Crippen LogP contribution in [-0.2, 0) is 6.54 Å². The summed E-state index contributed by atoms with van der Waals surface area (Å²) in [6.07, 6.45) is 6.51. The lowest BCUT2D eigenvalue weighted by Crippen LogP contribution is -2.24. The molecule has 19 heavy (non-hydrogen) atoms. The number of hydrogen-bond donors (Lipinski definition) is 2. The number of nitrogens with one attached hydrogen (secondary N) is 1. The van der Waals surface area contributed by atoms with Gasteiger partial charge in [0.05, 0.1) is 5.52 Å². The van der Waals surface area contributed by atoms with E-state index in [-0.39, 0.29) is 0 Å². The molecule has 0 aliphatic heterocycles. The summed E-state index contributed by atoms with van der Waals surface area (Å²) in [6.45, 7) is 0.535. The normalized spacial score (nSPS) is 16.7. The van der Waals surface area contributed by atoms with Gasteiger partial charge in [-0.2, -0.15) is 0 Å². The van der Waals surface area contributed by atoms with E-state index in [4.69, 9.17) is 10.7 Å². The van der Waals surface area contributed by atoms with Gasteiger partial charge in [-0.3, -0.25) is 0 Å². The van der Waals surface area contributed by atoms with Crippen LogP contribution in [0.4, 0.5) is 5.82 Å². The molecule has 0 saturated heterocycles. The highest BCUT2D eigenvalue weighted by Crippen LogP contribution is 2.25. The predicted molar refractivity (Wildman–Crippen MR) is 80.1 cm³/mol. The lowest BCUT2D eigenvalue weighted by atomic mass is 9.95. The van der Waals surface area contributed by atoms with Gasteiger partial charge in [0.25, 0.3) is 0 Å². The molecule has 0 spiro atoms. The molecule has 3 heteroatoms. The Morgan fingerprint density at radius 1 is 1.16 bits per heavy atom. The molecule has 0 unspecified atom stereocenters. The molecule has 0 bridgehead atoms. The molecule has 2 aromatic rings. The van der Waals surface area contributed by atoms with Crippen LogP contribution >= 0.6 is 0 Å². The second kappa shape index (κ2) is 5.57. The molecule has 0 radical (unpaired) electrons. The highest BCUT2D eigenvalue weighted by atomic mass is 15.0. The first-order chi connectivity index (χ1) is 9.36. The van der Waals surface area contributed by atoms with E-state index in [2.05, 4.69) is 23.5 Å². The van der Waals surface area contributed by atoms with Gasteiger partial charge >= 0.3 is 0 Å². The van der Waals surface area contributed by atoms with Crippen molar-refractivity contribution in [2.75, 3.05) is 5.32 Å². The minimum atomic E-state index is 0.535. The maximum atomic E-state index is 5.87. The third kappa shape index (κ3) is 2.71. The lowest BCUT2D eigenvalue weighted by molar-refractivity contribution is 0.461. The maximum Gasteiger partial charge on any atom is 0.131 e. The second-order valence-corrected chi connectivity index (χ2v) is 5.37. The van der Waals surface area contributed by atoms with Gasteiger partial charge in [0.2, 0.25) is 0 Å². The van der Waals surface area contributed by atoms with Crippen molar-refractivity contribution in [2.24, 2.45) is 5.73 Å². The monoisotopic (exact) mass is 255 g/mol. The average molecular weight is 255 g/mol. The van der Waals surface area contributed by atoms with Crippen LogP contribution in [0.5, 0.6) is 0 Å². The fraction of sp³-hybridized carbons (Fsp3) is 0.438. The van der Waals surface area contributed by atoms with Crippen molar-refractivity contribution >= 4 is 16.7 Å². The van der Waals surface area contributed by atoms with Crippen LogP contribution in [-0.4, -0.2) is 11.0 Å². The number of nitrogens with two attached hydrogens (primary N) is 1. The highest BCUT2D eigenvalue weighted by Gasteiger charge is 2.15. The van der Waals surface area contributed by atoms with E-state index in [0.717, 1.165) is 22.3 Å². The third-order valence-electron chi connectivity index (χ3n) is 3.97. The molecule has 0 atom stereocenters. The molecular weight excluding hydrogens is 234 g/mol. The van der Waals surface area contributed by atoms with E-state index in [1.165, 1.54) is 32.1 Å². The number of para-hydroxylation sites is 1. The summed E-state index contributed by atoms with van der Waals surface area (Å²) in [4.78, 5) is 4.75. The minimum absolute atomic E-state index is 0.535. The second-order valence-electron chi connectivity index (χ2n) is 5.37. The van der Waals surface area contributed by atoms with Crippen LogP contribution in [0.3, 0.4) is 0 Å². The summed E-state index contributed by atoms with van der Waals surface area (Å²) < 4.78 is 0. The molecule has 1 aliphatic rings. The van der Waals surface area contributed by atoms with Crippen LogP contribution < -0.4 is 11.1 Å². The van der Waals surface area contributed by atoms with Crippen molar-refractivity contribution in [3.05, 3.63) is 35.9 Å². The van der Waals surface area contributed by atoms with Crippen molar-refractivity contribution in [1.82, 2.24) is 4.98 Å². The van der Waals surface area contributed by atoms with Gasteiger partial charge in [-0.05, 0) is 25.0 Å². The zero-order chi connectivity index (χ0) is 13.1. The molecule has 0 amide bonds. The Balaban J connectivity index is 1.91. The Bertz CT molecular complexity index is 559. The first-order valence-electron chi connectivity index (χ1n) is 7.22. The van der Waals surface area contributed by atoms with Crippen molar-refractivity contribution in [3.8, 4) is 0 Å². The molecule has 1 aliphatic carbocycles. The van der Waals surface area contributed by atoms with Crippen molar-refractivity contribution in [1.29, 1.82) is 0 Å². The standard InChI is InChI=1S/C16H21N3/c17-11-13-10-12-6-4-5-9-15(12)19-16(13)18-14-7-2-1-3-8-14/h4-6,9-10,14H,1-3,7-8,11,17H2,(H,18,19). The first-order valence-corrected chi connectivity index (χ1v) is 7.22. The van der Waals surface area contributed by atoms with E-state index in [9.17, 15) is 0 Å². The van der Waals surface area contributed by atoms with Crippen molar-refractivity contribution < 1.29 is 0 Å². The van der Waals surface area contributed by atoms with E-state index >= 15 is 0 Å². The summed E-state index contributed by atoms with van der Waals surface area (Å²) in [5, 5.41) is 4.77. The predicted octanol–water partition coefficient (Wildman–Crippen LogP) is 3.44. The van der Waals surface area contributed by atoms with Gasteiger partial charge in [0.1, 0.15) is 5.82 Å². The van der Waals surface area contributed by atoms with Gasteiger partial charge in [0.15, 0.2) is 0 Å². The van der Waals surface area contributed by atoms with Crippen LogP contribution in [0, 0.1) is 0 Å². The van der Waals surface area contributed by atoms with Gasteiger partial charge in [-0.25, -0.2) is 4.98 Å². The molecular formula is C16H21N3. The number of nitrogens with zero attached hydrogens (tertiary/aromatic N) is 1. The fourth-order valence-corrected chi connectivity index (χ4v) is 2.88. The molecule has 1 aromatic carbocycles. The molecule has 1 heterocycles. The SMILES string of the molecule is NCc1cc2ccccc2nc1NC1CCCCC1. The number of hydrogen-bond acceptors (Lipinski definition) is 3. The van der Waals surface area contributed by atoms with Crippen LogP contribution in [0.15, 0.2) is 30.3 Å². The van der Waals surface area contributed by atoms with E-state index in [1.807, 2.05) is 12.1 Å². The fourth-order valence-electron chi connectivity index (χ4n) is 2.88. The third-order valence-corrected chi connectivity index (χ3v) is 3.97.